The van der Waals surface area contributed by atoms with Crippen molar-refractivity contribution in [3.63, 3.8) is 0 Å². The van der Waals surface area contributed by atoms with Crippen LogP contribution < -0.4 is 5.56 Å². The van der Waals surface area contributed by atoms with Gasteiger partial charge in [0.1, 0.15) is 11.5 Å². The number of likely N-dealkylation sites (tertiary alicyclic amines) is 1. The normalized spacial score (nSPS) is 22.6. The lowest BCUT2D eigenvalue weighted by molar-refractivity contribution is 0.210. The molecule has 3 aliphatic rings. The zero-order valence-corrected chi connectivity index (χ0v) is 16.0. The Morgan fingerprint density at radius 1 is 1.07 bits per heavy atom. The molecule has 0 bridgehead atoms. The summed E-state index contributed by atoms with van der Waals surface area (Å²) in [5.41, 5.74) is 4.82. The molecule has 0 spiro atoms. The molecule has 3 heterocycles. The van der Waals surface area contributed by atoms with E-state index in [-0.39, 0.29) is 5.56 Å². The summed E-state index contributed by atoms with van der Waals surface area (Å²) in [4.78, 5) is 15.0. The Bertz CT molecular complexity index is 885. The molecule has 1 atom stereocenters. The fourth-order valence-corrected chi connectivity index (χ4v) is 5.01. The van der Waals surface area contributed by atoms with Crippen LogP contribution >= 0.6 is 0 Å². The van der Waals surface area contributed by atoms with E-state index in [9.17, 15) is 4.79 Å². The highest BCUT2D eigenvalue weighted by molar-refractivity contribution is 5.25. The predicted octanol–water partition coefficient (Wildman–Crippen LogP) is 2.65. The van der Waals surface area contributed by atoms with Crippen molar-refractivity contribution in [2.75, 3.05) is 6.54 Å². The van der Waals surface area contributed by atoms with Crippen molar-refractivity contribution < 1.29 is 4.52 Å². The molecule has 144 valence electrons. The molecule has 0 amide bonds. The van der Waals surface area contributed by atoms with Gasteiger partial charge in [0.05, 0.1) is 12.2 Å². The molecule has 2 aliphatic carbocycles. The number of fused-ring (bicyclic) bond motifs is 2. The number of nitrogens with zero attached hydrogens (tertiary/aromatic N) is 4. The van der Waals surface area contributed by atoms with Crippen LogP contribution in [-0.2, 0) is 38.8 Å². The minimum absolute atomic E-state index is 0.0568. The van der Waals surface area contributed by atoms with Gasteiger partial charge in [-0.15, -0.1) is 0 Å². The summed E-state index contributed by atoms with van der Waals surface area (Å²) in [6, 6.07) is 2.18. The molecule has 5 rings (SSSR count). The fraction of sp³-hybridized carbons (Fsp3) is 0.667. The zero-order chi connectivity index (χ0) is 18.2. The van der Waals surface area contributed by atoms with Gasteiger partial charge in [-0.3, -0.25) is 9.69 Å². The van der Waals surface area contributed by atoms with E-state index < -0.39 is 0 Å². The summed E-state index contributed by atoms with van der Waals surface area (Å²) in [5.74, 6) is 1.10. The third-order valence-corrected chi connectivity index (χ3v) is 6.54. The molecule has 1 aliphatic heterocycles. The first-order valence-corrected chi connectivity index (χ1v) is 10.6. The third kappa shape index (κ3) is 3.35. The summed E-state index contributed by atoms with van der Waals surface area (Å²) < 4.78 is 7.30. The van der Waals surface area contributed by atoms with Gasteiger partial charge in [-0.05, 0) is 69.9 Å². The number of rotatable bonds is 4. The van der Waals surface area contributed by atoms with E-state index in [4.69, 9.17) is 9.62 Å². The summed E-state index contributed by atoms with van der Waals surface area (Å²) in [6.07, 6.45) is 11.2. The maximum Gasteiger partial charge on any atom is 0.267 e. The maximum absolute atomic E-state index is 12.5. The van der Waals surface area contributed by atoms with Crippen molar-refractivity contribution in [2.45, 2.75) is 83.3 Å². The van der Waals surface area contributed by atoms with Crippen molar-refractivity contribution in [3.05, 3.63) is 44.7 Å². The molecule has 1 saturated heterocycles. The van der Waals surface area contributed by atoms with Gasteiger partial charge in [-0.2, -0.15) is 5.10 Å². The van der Waals surface area contributed by atoms with Crippen LogP contribution in [0.1, 0.15) is 66.8 Å². The largest absolute Gasteiger partial charge is 0.361 e. The second-order valence-corrected chi connectivity index (χ2v) is 8.35. The number of aromatic nitrogens is 3. The average Bonchev–Trinajstić information content (AvgIpc) is 3.30. The molecule has 6 nitrogen and oxygen atoms in total. The summed E-state index contributed by atoms with van der Waals surface area (Å²) in [6.45, 7) is 2.58. The van der Waals surface area contributed by atoms with Crippen LogP contribution in [0.25, 0.3) is 0 Å². The van der Waals surface area contributed by atoms with Gasteiger partial charge < -0.3 is 4.52 Å². The molecule has 2 aromatic rings. The molecule has 1 unspecified atom stereocenters. The summed E-state index contributed by atoms with van der Waals surface area (Å²) >= 11 is 0. The van der Waals surface area contributed by atoms with Crippen LogP contribution in [0.3, 0.4) is 0 Å². The molecule has 2 aromatic heterocycles. The van der Waals surface area contributed by atoms with Crippen LogP contribution in [-0.4, -0.2) is 32.4 Å². The molecule has 0 radical (unpaired) electrons. The standard InChI is InChI=1S/C21H28N4O2/c26-21-12-15-6-1-3-9-18(15)22-25(21)13-16-7-5-11-24(16)14-19-17-8-2-4-10-20(17)27-23-19/h12,16H,1-11,13-14H2. The van der Waals surface area contributed by atoms with Crippen LogP contribution in [0.4, 0.5) is 0 Å². The first kappa shape index (κ1) is 17.2. The SMILES string of the molecule is O=c1cc2c(nn1CC1CCCN1Cc1noc3c1CCCC3)CCCC2. The highest BCUT2D eigenvalue weighted by Gasteiger charge is 2.29. The highest BCUT2D eigenvalue weighted by atomic mass is 16.5. The number of hydrogen-bond donors (Lipinski definition) is 0. The monoisotopic (exact) mass is 368 g/mol. The first-order chi connectivity index (χ1) is 13.3. The Kier molecular flexibility index (Phi) is 4.60. The molecular formula is C21H28N4O2. The van der Waals surface area contributed by atoms with E-state index in [0.717, 1.165) is 62.3 Å². The van der Waals surface area contributed by atoms with E-state index >= 15 is 0 Å². The van der Waals surface area contributed by atoms with E-state index in [1.165, 1.54) is 43.2 Å². The van der Waals surface area contributed by atoms with Crippen LogP contribution in [0.5, 0.6) is 0 Å². The Morgan fingerprint density at radius 3 is 2.89 bits per heavy atom. The molecule has 27 heavy (non-hydrogen) atoms. The lowest BCUT2D eigenvalue weighted by Gasteiger charge is -2.25. The average molecular weight is 368 g/mol. The molecule has 6 heteroatoms. The van der Waals surface area contributed by atoms with Crippen molar-refractivity contribution in [2.24, 2.45) is 0 Å². The summed E-state index contributed by atoms with van der Waals surface area (Å²) in [5, 5.41) is 9.10. The van der Waals surface area contributed by atoms with Gasteiger partial charge in [0.2, 0.25) is 0 Å². The van der Waals surface area contributed by atoms with Crippen LogP contribution in [0.2, 0.25) is 0 Å². The Balaban J connectivity index is 1.33. The van der Waals surface area contributed by atoms with E-state index in [1.54, 1.807) is 4.68 Å². The van der Waals surface area contributed by atoms with Crippen molar-refractivity contribution in [1.82, 2.24) is 19.8 Å². The number of aryl methyl sites for hydroxylation is 3. The topological polar surface area (TPSA) is 64.2 Å². The van der Waals surface area contributed by atoms with Gasteiger partial charge in [-0.1, -0.05) is 5.16 Å². The number of hydrogen-bond acceptors (Lipinski definition) is 5. The van der Waals surface area contributed by atoms with Crippen molar-refractivity contribution in [3.8, 4) is 0 Å². The van der Waals surface area contributed by atoms with Crippen molar-refractivity contribution >= 4 is 0 Å². The molecule has 0 aromatic carbocycles. The lowest BCUT2D eigenvalue weighted by atomic mass is 9.96. The van der Waals surface area contributed by atoms with E-state index in [0.29, 0.717) is 12.6 Å². The maximum atomic E-state index is 12.5. The second kappa shape index (κ2) is 7.23. The third-order valence-electron chi connectivity index (χ3n) is 6.54. The van der Waals surface area contributed by atoms with Gasteiger partial charge in [0.15, 0.2) is 0 Å². The second-order valence-electron chi connectivity index (χ2n) is 8.35. The summed E-state index contributed by atoms with van der Waals surface area (Å²) in [7, 11) is 0. The Labute approximate surface area is 159 Å². The predicted molar refractivity (Wildman–Crippen MR) is 102 cm³/mol. The Morgan fingerprint density at radius 2 is 1.93 bits per heavy atom. The molecule has 0 saturated carbocycles. The smallest absolute Gasteiger partial charge is 0.267 e. The fourth-order valence-electron chi connectivity index (χ4n) is 5.01. The van der Waals surface area contributed by atoms with Crippen molar-refractivity contribution in [1.29, 1.82) is 0 Å². The van der Waals surface area contributed by atoms with Crippen LogP contribution in [0, 0.1) is 0 Å². The zero-order valence-electron chi connectivity index (χ0n) is 16.0. The van der Waals surface area contributed by atoms with Crippen LogP contribution in [0.15, 0.2) is 15.4 Å². The molecule has 1 fully saturated rings. The minimum atomic E-state index is 0.0568. The van der Waals surface area contributed by atoms with Gasteiger partial charge in [-0.25, -0.2) is 4.68 Å². The first-order valence-electron chi connectivity index (χ1n) is 10.6. The Hall–Kier alpha value is -1.95. The van der Waals surface area contributed by atoms with E-state index in [2.05, 4.69) is 10.1 Å². The van der Waals surface area contributed by atoms with Gasteiger partial charge in [0.25, 0.3) is 5.56 Å². The molecule has 0 N–H and O–H groups in total. The van der Waals surface area contributed by atoms with Gasteiger partial charge in [0, 0.05) is 30.6 Å². The lowest BCUT2D eigenvalue weighted by Crippen LogP contribution is -2.37. The molecular weight excluding hydrogens is 340 g/mol. The highest BCUT2D eigenvalue weighted by Crippen LogP contribution is 2.28. The minimum Gasteiger partial charge on any atom is -0.361 e. The quantitative estimate of drug-likeness (QED) is 0.830. The van der Waals surface area contributed by atoms with Gasteiger partial charge >= 0.3 is 0 Å². The van der Waals surface area contributed by atoms with E-state index in [1.807, 2.05) is 6.07 Å².